The Balaban J connectivity index is 2.76. The van der Waals surface area contributed by atoms with E-state index in [2.05, 4.69) is 11.6 Å². The summed E-state index contributed by atoms with van der Waals surface area (Å²) >= 11 is 1.87. The highest BCUT2D eigenvalue weighted by Gasteiger charge is 1.89. The fourth-order valence-electron chi connectivity index (χ4n) is 0.843. The molecule has 0 aliphatic rings. The van der Waals surface area contributed by atoms with Gasteiger partial charge < -0.3 is 14.8 Å². The van der Waals surface area contributed by atoms with E-state index in [1.54, 1.807) is 7.11 Å². The van der Waals surface area contributed by atoms with Crippen LogP contribution in [0.2, 0.25) is 0 Å². The van der Waals surface area contributed by atoms with Crippen LogP contribution in [0.1, 0.15) is 6.42 Å². The SMILES string of the molecule is COCCOCCCNCCSC. The highest BCUT2D eigenvalue weighted by Crippen LogP contribution is 1.87. The molecule has 0 aromatic heterocycles. The molecule has 0 aliphatic heterocycles. The summed E-state index contributed by atoms with van der Waals surface area (Å²) in [5.41, 5.74) is 0. The standard InChI is InChI=1S/C9H21NO2S/c1-11-7-8-12-6-3-4-10-5-9-13-2/h10H,3-9H2,1-2H3. The van der Waals surface area contributed by atoms with Crippen molar-refractivity contribution >= 4 is 11.8 Å². The molecule has 0 amide bonds. The number of ether oxygens (including phenoxy) is 2. The first-order chi connectivity index (χ1) is 6.41. The zero-order valence-electron chi connectivity index (χ0n) is 8.67. The minimum Gasteiger partial charge on any atom is -0.382 e. The smallest absolute Gasteiger partial charge is 0.0700 e. The van der Waals surface area contributed by atoms with Crippen molar-refractivity contribution in [2.24, 2.45) is 0 Å². The topological polar surface area (TPSA) is 30.5 Å². The first kappa shape index (κ1) is 13.2. The average molecular weight is 207 g/mol. The molecule has 3 nitrogen and oxygen atoms in total. The van der Waals surface area contributed by atoms with Gasteiger partial charge in [-0.25, -0.2) is 0 Å². The van der Waals surface area contributed by atoms with E-state index in [4.69, 9.17) is 9.47 Å². The Hall–Kier alpha value is 0.230. The monoisotopic (exact) mass is 207 g/mol. The Morgan fingerprint density at radius 2 is 2.00 bits per heavy atom. The second-order valence-electron chi connectivity index (χ2n) is 2.70. The Kier molecular flexibility index (Phi) is 12.4. The minimum absolute atomic E-state index is 0.694. The van der Waals surface area contributed by atoms with Crippen molar-refractivity contribution in [3.63, 3.8) is 0 Å². The van der Waals surface area contributed by atoms with Crippen LogP contribution >= 0.6 is 11.8 Å². The average Bonchev–Trinajstić information content (AvgIpc) is 2.16. The van der Waals surface area contributed by atoms with Gasteiger partial charge in [-0.05, 0) is 19.2 Å². The maximum Gasteiger partial charge on any atom is 0.0700 e. The van der Waals surface area contributed by atoms with E-state index in [0.717, 1.165) is 26.1 Å². The van der Waals surface area contributed by atoms with Gasteiger partial charge >= 0.3 is 0 Å². The van der Waals surface area contributed by atoms with Crippen LogP contribution in [0.15, 0.2) is 0 Å². The molecule has 1 N–H and O–H groups in total. The molecule has 4 heteroatoms. The van der Waals surface area contributed by atoms with Gasteiger partial charge in [0, 0.05) is 26.0 Å². The number of thioether (sulfide) groups is 1. The lowest BCUT2D eigenvalue weighted by molar-refractivity contribution is 0.0695. The number of hydrogen-bond acceptors (Lipinski definition) is 4. The summed E-state index contributed by atoms with van der Waals surface area (Å²) in [6.45, 7) is 4.38. The van der Waals surface area contributed by atoms with E-state index in [0.29, 0.717) is 13.2 Å². The summed E-state index contributed by atoms with van der Waals surface area (Å²) in [4.78, 5) is 0. The van der Waals surface area contributed by atoms with Gasteiger partial charge in [0.25, 0.3) is 0 Å². The van der Waals surface area contributed by atoms with Crippen molar-refractivity contribution < 1.29 is 9.47 Å². The van der Waals surface area contributed by atoms with Crippen LogP contribution in [0.5, 0.6) is 0 Å². The lowest BCUT2D eigenvalue weighted by atomic mass is 10.4. The molecule has 0 aliphatic carbocycles. The van der Waals surface area contributed by atoms with Crippen molar-refractivity contribution in [1.82, 2.24) is 5.32 Å². The van der Waals surface area contributed by atoms with Gasteiger partial charge in [0.1, 0.15) is 0 Å². The fourth-order valence-corrected chi connectivity index (χ4v) is 1.19. The molecule has 0 radical (unpaired) electrons. The van der Waals surface area contributed by atoms with E-state index in [1.165, 1.54) is 5.75 Å². The summed E-state index contributed by atoms with van der Waals surface area (Å²) in [6, 6.07) is 0. The van der Waals surface area contributed by atoms with Gasteiger partial charge in [0.05, 0.1) is 13.2 Å². The molecule has 0 unspecified atom stereocenters. The molecule has 0 rings (SSSR count). The second-order valence-corrected chi connectivity index (χ2v) is 3.69. The predicted octanol–water partition coefficient (Wildman–Crippen LogP) is 0.992. The summed E-state index contributed by atoms with van der Waals surface area (Å²) in [5, 5.41) is 3.35. The van der Waals surface area contributed by atoms with Gasteiger partial charge in [-0.15, -0.1) is 0 Å². The Morgan fingerprint density at radius 3 is 2.69 bits per heavy atom. The highest BCUT2D eigenvalue weighted by molar-refractivity contribution is 7.98. The quantitative estimate of drug-likeness (QED) is 0.541. The lowest BCUT2D eigenvalue weighted by Gasteiger charge is -2.04. The van der Waals surface area contributed by atoms with E-state index in [-0.39, 0.29) is 0 Å². The van der Waals surface area contributed by atoms with E-state index in [1.807, 2.05) is 11.8 Å². The van der Waals surface area contributed by atoms with Crippen LogP contribution < -0.4 is 5.32 Å². The summed E-state index contributed by atoms with van der Waals surface area (Å²) in [7, 11) is 1.69. The van der Waals surface area contributed by atoms with E-state index < -0.39 is 0 Å². The second kappa shape index (κ2) is 12.2. The summed E-state index contributed by atoms with van der Waals surface area (Å²) < 4.78 is 10.2. The molecule has 0 fully saturated rings. The molecule has 0 saturated heterocycles. The Labute approximate surface area is 85.6 Å². The Bertz CT molecular complexity index is 83.7. The molecule has 0 aromatic rings. The largest absolute Gasteiger partial charge is 0.382 e. The van der Waals surface area contributed by atoms with Gasteiger partial charge in [-0.3, -0.25) is 0 Å². The summed E-state index contributed by atoms with van der Waals surface area (Å²) in [5.74, 6) is 1.19. The van der Waals surface area contributed by atoms with Crippen LogP contribution in [-0.2, 0) is 9.47 Å². The normalized spacial score (nSPS) is 10.6. The third-order valence-electron chi connectivity index (χ3n) is 1.56. The van der Waals surface area contributed by atoms with Crippen LogP contribution in [0.25, 0.3) is 0 Å². The summed E-state index contributed by atoms with van der Waals surface area (Å²) in [6.07, 6.45) is 3.20. The lowest BCUT2D eigenvalue weighted by Crippen LogP contribution is -2.19. The van der Waals surface area contributed by atoms with Crippen molar-refractivity contribution in [3.8, 4) is 0 Å². The van der Waals surface area contributed by atoms with Crippen LogP contribution in [0.3, 0.4) is 0 Å². The Morgan fingerprint density at radius 1 is 1.15 bits per heavy atom. The molecular weight excluding hydrogens is 186 g/mol. The molecule has 0 aromatic carbocycles. The fraction of sp³-hybridized carbons (Fsp3) is 1.00. The zero-order valence-corrected chi connectivity index (χ0v) is 9.49. The molecule has 0 bridgehead atoms. The van der Waals surface area contributed by atoms with E-state index in [9.17, 15) is 0 Å². The van der Waals surface area contributed by atoms with Crippen molar-refractivity contribution in [2.45, 2.75) is 6.42 Å². The molecule has 0 saturated carbocycles. The first-order valence-corrected chi connectivity index (χ1v) is 6.07. The minimum atomic E-state index is 0.694. The van der Waals surface area contributed by atoms with Gasteiger partial charge in [0.15, 0.2) is 0 Å². The number of hydrogen-bond donors (Lipinski definition) is 1. The number of rotatable bonds is 10. The number of nitrogens with one attached hydrogen (secondary N) is 1. The molecule has 80 valence electrons. The molecule has 0 heterocycles. The third-order valence-corrected chi connectivity index (χ3v) is 2.17. The van der Waals surface area contributed by atoms with Crippen molar-refractivity contribution in [2.75, 3.05) is 52.0 Å². The van der Waals surface area contributed by atoms with Crippen LogP contribution in [0.4, 0.5) is 0 Å². The molecular formula is C9H21NO2S. The zero-order chi connectivity index (χ0) is 9.78. The third kappa shape index (κ3) is 12.2. The van der Waals surface area contributed by atoms with Gasteiger partial charge in [-0.2, -0.15) is 11.8 Å². The van der Waals surface area contributed by atoms with Gasteiger partial charge in [0.2, 0.25) is 0 Å². The molecule has 0 atom stereocenters. The molecule has 13 heavy (non-hydrogen) atoms. The van der Waals surface area contributed by atoms with Gasteiger partial charge in [-0.1, -0.05) is 0 Å². The van der Waals surface area contributed by atoms with Crippen LogP contribution in [0, 0.1) is 0 Å². The molecule has 0 spiro atoms. The maximum atomic E-state index is 5.31. The van der Waals surface area contributed by atoms with Crippen molar-refractivity contribution in [3.05, 3.63) is 0 Å². The van der Waals surface area contributed by atoms with Crippen LogP contribution in [-0.4, -0.2) is 52.0 Å². The van der Waals surface area contributed by atoms with Crippen molar-refractivity contribution in [1.29, 1.82) is 0 Å². The number of methoxy groups -OCH3 is 1. The van der Waals surface area contributed by atoms with E-state index >= 15 is 0 Å². The maximum absolute atomic E-state index is 5.31. The predicted molar refractivity (Wildman–Crippen MR) is 58.6 cm³/mol. The highest BCUT2D eigenvalue weighted by atomic mass is 32.2. The first-order valence-electron chi connectivity index (χ1n) is 4.68.